The molecule has 0 aliphatic heterocycles. The van der Waals surface area contributed by atoms with Gasteiger partial charge in [-0.05, 0) is 24.6 Å². The van der Waals surface area contributed by atoms with Crippen LogP contribution in [0.1, 0.15) is 15.9 Å². The molecule has 0 radical (unpaired) electrons. The molecule has 0 amide bonds. The van der Waals surface area contributed by atoms with Crippen molar-refractivity contribution in [3.8, 4) is 0 Å². The Morgan fingerprint density at radius 2 is 2.23 bits per heavy atom. The monoisotopic (exact) mass is 182 g/mol. The van der Waals surface area contributed by atoms with E-state index in [0.29, 0.717) is 0 Å². The molecule has 0 unspecified atom stereocenters. The lowest BCUT2D eigenvalue weighted by atomic mass is 10.1. The number of Topliss-reactive ketones (excluding diaryl/α,β-unsaturated/α-hetero) is 1. The third-order valence-electron chi connectivity index (χ3n) is 1.70. The van der Waals surface area contributed by atoms with E-state index >= 15 is 0 Å². The minimum absolute atomic E-state index is 0.0834. The molecular weight excluding hydrogens is 171 g/mol. The maximum Gasteiger partial charge on any atom is 0.191 e. The molecule has 0 aromatic heterocycles. The minimum Gasteiger partial charge on any atom is -0.377 e. The average Bonchev–Trinajstić information content (AvgIpc) is 2.04. The van der Waals surface area contributed by atoms with E-state index in [0.717, 1.165) is 5.56 Å². The second-order valence-corrected chi connectivity index (χ2v) is 2.84. The zero-order chi connectivity index (χ0) is 9.84. The van der Waals surface area contributed by atoms with Gasteiger partial charge in [-0.3, -0.25) is 4.79 Å². The number of ether oxygens (including phenoxy) is 1. The second kappa shape index (κ2) is 4.14. The molecule has 0 atom stereocenters. The molecule has 1 aromatic rings. The molecule has 70 valence electrons. The number of benzene rings is 1. The first kappa shape index (κ1) is 9.86. The number of methoxy groups -OCH3 is 1. The molecule has 0 N–H and O–H groups in total. The lowest BCUT2D eigenvalue weighted by Crippen LogP contribution is -2.09. The van der Waals surface area contributed by atoms with Crippen LogP contribution in [0.15, 0.2) is 18.2 Å². The smallest absolute Gasteiger partial charge is 0.191 e. The summed E-state index contributed by atoms with van der Waals surface area (Å²) >= 11 is 0. The fourth-order valence-corrected chi connectivity index (χ4v) is 1.06. The number of ketones is 1. The largest absolute Gasteiger partial charge is 0.377 e. The van der Waals surface area contributed by atoms with Crippen LogP contribution in [-0.4, -0.2) is 19.5 Å². The Bertz CT molecular complexity index is 321. The third kappa shape index (κ3) is 2.36. The molecule has 1 rings (SSSR count). The molecule has 0 aliphatic rings. The van der Waals surface area contributed by atoms with Crippen LogP contribution < -0.4 is 0 Å². The molecule has 0 aliphatic carbocycles. The van der Waals surface area contributed by atoms with Gasteiger partial charge >= 0.3 is 0 Å². The van der Waals surface area contributed by atoms with Crippen molar-refractivity contribution >= 4 is 5.78 Å². The highest BCUT2D eigenvalue weighted by molar-refractivity contribution is 5.97. The van der Waals surface area contributed by atoms with Crippen molar-refractivity contribution < 1.29 is 13.9 Å². The van der Waals surface area contributed by atoms with Crippen LogP contribution in [0.2, 0.25) is 0 Å². The molecule has 0 spiro atoms. The Morgan fingerprint density at radius 1 is 1.54 bits per heavy atom. The first-order valence-corrected chi connectivity index (χ1v) is 3.93. The van der Waals surface area contributed by atoms with Gasteiger partial charge in [-0.2, -0.15) is 0 Å². The van der Waals surface area contributed by atoms with E-state index in [9.17, 15) is 9.18 Å². The Kier molecular flexibility index (Phi) is 3.14. The van der Waals surface area contributed by atoms with Gasteiger partial charge in [-0.15, -0.1) is 0 Å². The second-order valence-electron chi connectivity index (χ2n) is 2.84. The standard InChI is InChI=1S/C10H11FO2/c1-7-3-4-8(9(11)5-7)10(12)6-13-2/h3-5H,6H2,1-2H3. The maximum absolute atomic E-state index is 13.1. The van der Waals surface area contributed by atoms with Crippen LogP contribution in [0, 0.1) is 12.7 Å². The van der Waals surface area contributed by atoms with Gasteiger partial charge in [-0.1, -0.05) is 6.07 Å². The number of hydrogen-bond donors (Lipinski definition) is 0. The van der Waals surface area contributed by atoms with E-state index in [1.54, 1.807) is 13.0 Å². The van der Waals surface area contributed by atoms with E-state index < -0.39 is 5.82 Å². The van der Waals surface area contributed by atoms with Gasteiger partial charge in [0.25, 0.3) is 0 Å². The molecule has 0 fully saturated rings. The Morgan fingerprint density at radius 3 is 2.77 bits per heavy atom. The normalized spacial score (nSPS) is 10.1. The van der Waals surface area contributed by atoms with Crippen molar-refractivity contribution in [1.82, 2.24) is 0 Å². The number of halogens is 1. The third-order valence-corrected chi connectivity index (χ3v) is 1.70. The number of rotatable bonds is 3. The first-order chi connectivity index (χ1) is 6.15. The van der Waals surface area contributed by atoms with E-state index in [4.69, 9.17) is 0 Å². The predicted octanol–water partition coefficient (Wildman–Crippen LogP) is 1.96. The summed E-state index contributed by atoms with van der Waals surface area (Å²) in [6.45, 7) is 1.69. The van der Waals surface area contributed by atoms with E-state index in [2.05, 4.69) is 4.74 Å². The minimum atomic E-state index is -0.484. The summed E-state index contributed by atoms with van der Waals surface area (Å²) in [4.78, 5) is 11.2. The molecule has 0 bridgehead atoms. The van der Waals surface area contributed by atoms with Gasteiger partial charge < -0.3 is 4.74 Å². The zero-order valence-corrected chi connectivity index (χ0v) is 7.63. The van der Waals surface area contributed by atoms with Gasteiger partial charge in [-0.25, -0.2) is 4.39 Å². The molecule has 0 saturated carbocycles. The summed E-state index contributed by atoms with van der Waals surface area (Å²) in [5.74, 6) is -0.818. The predicted molar refractivity (Wildman–Crippen MR) is 47.3 cm³/mol. The fourth-order valence-electron chi connectivity index (χ4n) is 1.06. The van der Waals surface area contributed by atoms with Gasteiger partial charge in [0.2, 0.25) is 0 Å². The van der Waals surface area contributed by atoms with E-state index in [1.807, 2.05) is 0 Å². The topological polar surface area (TPSA) is 26.3 Å². The zero-order valence-electron chi connectivity index (χ0n) is 7.63. The van der Waals surface area contributed by atoms with Crippen LogP contribution in [0.25, 0.3) is 0 Å². The molecule has 1 aromatic carbocycles. The quantitative estimate of drug-likeness (QED) is 0.668. The SMILES string of the molecule is COCC(=O)c1ccc(C)cc1F. The molecule has 0 heterocycles. The number of aryl methyl sites for hydroxylation is 1. The van der Waals surface area contributed by atoms with Crippen molar-refractivity contribution in [3.63, 3.8) is 0 Å². The number of carbonyl (C=O) groups excluding carboxylic acids is 1. The Hall–Kier alpha value is -1.22. The van der Waals surface area contributed by atoms with Crippen LogP contribution in [0.5, 0.6) is 0 Å². The van der Waals surface area contributed by atoms with Crippen LogP contribution >= 0.6 is 0 Å². The Balaban J connectivity index is 2.95. The summed E-state index contributed by atoms with van der Waals surface area (Å²) < 4.78 is 17.8. The summed E-state index contributed by atoms with van der Waals surface area (Å²) in [5, 5.41) is 0. The van der Waals surface area contributed by atoms with Crippen LogP contribution in [0.4, 0.5) is 4.39 Å². The van der Waals surface area contributed by atoms with Gasteiger partial charge in [0.05, 0.1) is 5.56 Å². The number of carbonyl (C=O) groups is 1. The van der Waals surface area contributed by atoms with Crippen molar-refractivity contribution in [2.24, 2.45) is 0 Å². The first-order valence-electron chi connectivity index (χ1n) is 3.93. The number of hydrogen-bond acceptors (Lipinski definition) is 2. The molecule has 2 nitrogen and oxygen atoms in total. The lowest BCUT2D eigenvalue weighted by molar-refractivity contribution is 0.0844. The van der Waals surface area contributed by atoms with Crippen LogP contribution in [-0.2, 0) is 4.74 Å². The van der Waals surface area contributed by atoms with Gasteiger partial charge in [0, 0.05) is 7.11 Å². The van der Waals surface area contributed by atoms with Crippen molar-refractivity contribution in [1.29, 1.82) is 0 Å². The summed E-state index contributed by atoms with van der Waals surface area (Å²) in [5.41, 5.74) is 0.888. The van der Waals surface area contributed by atoms with Crippen molar-refractivity contribution in [3.05, 3.63) is 35.1 Å². The fraction of sp³-hybridized carbons (Fsp3) is 0.300. The summed E-state index contributed by atoms with van der Waals surface area (Å²) in [6, 6.07) is 4.51. The van der Waals surface area contributed by atoms with E-state index in [1.165, 1.54) is 19.2 Å². The van der Waals surface area contributed by atoms with Gasteiger partial charge in [0.1, 0.15) is 12.4 Å². The highest BCUT2D eigenvalue weighted by atomic mass is 19.1. The summed E-state index contributed by atoms with van der Waals surface area (Å²) in [6.07, 6.45) is 0. The summed E-state index contributed by atoms with van der Waals surface area (Å²) in [7, 11) is 1.41. The maximum atomic E-state index is 13.1. The van der Waals surface area contributed by atoms with Gasteiger partial charge in [0.15, 0.2) is 5.78 Å². The van der Waals surface area contributed by atoms with Crippen LogP contribution in [0.3, 0.4) is 0 Å². The highest BCUT2D eigenvalue weighted by Crippen LogP contribution is 2.10. The molecular formula is C10H11FO2. The molecule has 0 saturated heterocycles. The van der Waals surface area contributed by atoms with E-state index in [-0.39, 0.29) is 18.0 Å². The van der Waals surface area contributed by atoms with Crippen molar-refractivity contribution in [2.75, 3.05) is 13.7 Å². The average molecular weight is 182 g/mol. The molecule has 13 heavy (non-hydrogen) atoms. The lowest BCUT2D eigenvalue weighted by Gasteiger charge is -2.01. The van der Waals surface area contributed by atoms with Crippen molar-refractivity contribution in [2.45, 2.75) is 6.92 Å². The molecule has 3 heteroatoms. The Labute approximate surface area is 76.3 Å². The highest BCUT2D eigenvalue weighted by Gasteiger charge is 2.10.